The molecular weight excluding hydrogens is 274 g/mol. The maximum atomic E-state index is 12.4. The molecule has 0 aliphatic heterocycles. The topological polar surface area (TPSA) is 45.2 Å². The van der Waals surface area contributed by atoms with Crippen LogP contribution in [0.2, 0.25) is 0 Å². The molecule has 0 aliphatic carbocycles. The molecule has 0 unspecified atom stereocenters. The molecule has 0 saturated heterocycles. The summed E-state index contributed by atoms with van der Waals surface area (Å²) >= 11 is 0. The van der Waals surface area contributed by atoms with Crippen LogP contribution in [0.5, 0.6) is 0 Å². The number of benzene rings is 1. The van der Waals surface area contributed by atoms with Crippen LogP contribution in [-0.2, 0) is 5.41 Å². The van der Waals surface area contributed by atoms with Crippen molar-refractivity contribution in [3.05, 3.63) is 53.7 Å². The number of nitrogens with one attached hydrogen (secondary N) is 1. The fourth-order valence-electron chi connectivity index (χ4n) is 2.18. The van der Waals surface area contributed by atoms with E-state index in [2.05, 4.69) is 31.1 Å². The van der Waals surface area contributed by atoms with Crippen LogP contribution in [-0.4, -0.2) is 25.0 Å². The standard InChI is InChI=1S/C18H23N3O/c1-18(2,3)13-8-10-14(11-9-13)20-17(22)15-7-6-12-19-16(15)21(4)5/h6-12H,1-5H3,(H,20,22). The van der Waals surface area contributed by atoms with Crippen LogP contribution in [0.15, 0.2) is 42.6 Å². The van der Waals surface area contributed by atoms with Gasteiger partial charge in [0, 0.05) is 26.0 Å². The minimum absolute atomic E-state index is 0.101. The highest BCUT2D eigenvalue weighted by atomic mass is 16.1. The van der Waals surface area contributed by atoms with Crippen LogP contribution in [0.1, 0.15) is 36.7 Å². The Morgan fingerprint density at radius 3 is 2.27 bits per heavy atom. The Balaban J connectivity index is 2.19. The molecular formula is C18H23N3O. The fourth-order valence-corrected chi connectivity index (χ4v) is 2.18. The van der Waals surface area contributed by atoms with E-state index in [9.17, 15) is 4.79 Å². The Morgan fingerprint density at radius 1 is 1.09 bits per heavy atom. The number of rotatable bonds is 3. The van der Waals surface area contributed by atoms with Gasteiger partial charge in [-0.3, -0.25) is 4.79 Å². The molecule has 1 amide bonds. The minimum Gasteiger partial charge on any atom is -0.362 e. The predicted octanol–water partition coefficient (Wildman–Crippen LogP) is 3.70. The number of hydrogen-bond acceptors (Lipinski definition) is 3. The summed E-state index contributed by atoms with van der Waals surface area (Å²) in [6.07, 6.45) is 1.68. The normalized spacial score (nSPS) is 11.1. The first kappa shape index (κ1) is 16.0. The van der Waals surface area contributed by atoms with Gasteiger partial charge in [0.05, 0.1) is 5.56 Å². The number of pyridine rings is 1. The van der Waals surface area contributed by atoms with E-state index in [0.29, 0.717) is 11.4 Å². The average molecular weight is 297 g/mol. The van der Waals surface area contributed by atoms with Crippen molar-refractivity contribution < 1.29 is 4.79 Å². The van der Waals surface area contributed by atoms with Crippen LogP contribution >= 0.6 is 0 Å². The minimum atomic E-state index is -0.152. The van der Waals surface area contributed by atoms with Gasteiger partial charge in [-0.15, -0.1) is 0 Å². The van der Waals surface area contributed by atoms with Gasteiger partial charge in [0.25, 0.3) is 5.91 Å². The molecule has 1 heterocycles. The quantitative estimate of drug-likeness (QED) is 0.939. The molecule has 0 aliphatic rings. The zero-order chi connectivity index (χ0) is 16.3. The molecule has 1 N–H and O–H groups in total. The third-order valence-corrected chi connectivity index (χ3v) is 3.46. The van der Waals surface area contributed by atoms with Crippen molar-refractivity contribution in [3.8, 4) is 0 Å². The monoisotopic (exact) mass is 297 g/mol. The number of anilines is 2. The smallest absolute Gasteiger partial charge is 0.259 e. The third kappa shape index (κ3) is 3.64. The van der Waals surface area contributed by atoms with E-state index in [1.54, 1.807) is 18.3 Å². The first-order chi connectivity index (χ1) is 10.3. The molecule has 4 nitrogen and oxygen atoms in total. The summed E-state index contributed by atoms with van der Waals surface area (Å²) in [7, 11) is 3.74. The van der Waals surface area contributed by atoms with Crippen molar-refractivity contribution >= 4 is 17.4 Å². The van der Waals surface area contributed by atoms with Gasteiger partial charge < -0.3 is 10.2 Å². The Labute approximate surface area is 132 Å². The molecule has 0 fully saturated rings. The summed E-state index contributed by atoms with van der Waals surface area (Å²) in [6, 6.07) is 11.5. The van der Waals surface area contributed by atoms with Crippen molar-refractivity contribution in [2.75, 3.05) is 24.3 Å². The maximum absolute atomic E-state index is 12.4. The van der Waals surface area contributed by atoms with Crippen LogP contribution in [0.4, 0.5) is 11.5 Å². The molecule has 0 atom stereocenters. The molecule has 2 aromatic rings. The van der Waals surface area contributed by atoms with Gasteiger partial charge in [-0.1, -0.05) is 32.9 Å². The molecule has 0 spiro atoms. The molecule has 1 aromatic carbocycles. The van der Waals surface area contributed by atoms with Gasteiger partial charge in [-0.25, -0.2) is 4.98 Å². The van der Waals surface area contributed by atoms with Crippen molar-refractivity contribution in [2.45, 2.75) is 26.2 Å². The van der Waals surface area contributed by atoms with E-state index < -0.39 is 0 Å². The number of carbonyl (C=O) groups is 1. The summed E-state index contributed by atoms with van der Waals surface area (Å²) < 4.78 is 0. The molecule has 2 rings (SSSR count). The van der Waals surface area contributed by atoms with Gasteiger partial charge in [0.2, 0.25) is 0 Å². The lowest BCUT2D eigenvalue weighted by Crippen LogP contribution is -2.19. The van der Waals surface area contributed by atoms with Crippen molar-refractivity contribution in [1.29, 1.82) is 0 Å². The van der Waals surface area contributed by atoms with Crippen LogP contribution in [0.3, 0.4) is 0 Å². The van der Waals surface area contributed by atoms with Gasteiger partial charge in [-0.05, 0) is 35.2 Å². The number of amides is 1. The molecule has 0 radical (unpaired) electrons. The number of carbonyl (C=O) groups excluding carboxylic acids is 1. The van der Waals surface area contributed by atoms with E-state index in [1.165, 1.54) is 5.56 Å². The highest BCUT2D eigenvalue weighted by molar-refractivity contribution is 6.07. The van der Waals surface area contributed by atoms with Crippen molar-refractivity contribution in [1.82, 2.24) is 4.98 Å². The van der Waals surface area contributed by atoms with Gasteiger partial charge in [0.15, 0.2) is 0 Å². The van der Waals surface area contributed by atoms with Crippen molar-refractivity contribution in [2.24, 2.45) is 0 Å². The van der Waals surface area contributed by atoms with Crippen LogP contribution in [0.25, 0.3) is 0 Å². The lowest BCUT2D eigenvalue weighted by Gasteiger charge is -2.19. The van der Waals surface area contributed by atoms with E-state index >= 15 is 0 Å². The Hall–Kier alpha value is -2.36. The Bertz CT molecular complexity index is 655. The summed E-state index contributed by atoms with van der Waals surface area (Å²) in [5.74, 6) is 0.506. The molecule has 0 saturated carbocycles. The predicted molar refractivity (Wildman–Crippen MR) is 91.7 cm³/mol. The van der Waals surface area contributed by atoms with E-state index in [4.69, 9.17) is 0 Å². The first-order valence-corrected chi connectivity index (χ1v) is 7.33. The first-order valence-electron chi connectivity index (χ1n) is 7.33. The summed E-state index contributed by atoms with van der Waals surface area (Å²) in [6.45, 7) is 6.50. The van der Waals surface area contributed by atoms with Gasteiger partial charge >= 0.3 is 0 Å². The van der Waals surface area contributed by atoms with Gasteiger partial charge in [0.1, 0.15) is 5.82 Å². The van der Waals surface area contributed by atoms with Crippen LogP contribution in [0, 0.1) is 0 Å². The second-order valence-electron chi connectivity index (χ2n) is 6.55. The largest absolute Gasteiger partial charge is 0.362 e. The van der Waals surface area contributed by atoms with Gasteiger partial charge in [-0.2, -0.15) is 0 Å². The van der Waals surface area contributed by atoms with Crippen LogP contribution < -0.4 is 10.2 Å². The Morgan fingerprint density at radius 2 is 1.73 bits per heavy atom. The highest BCUT2D eigenvalue weighted by Crippen LogP contribution is 2.24. The van der Waals surface area contributed by atoms with Crippen molar-refractivity contribution in [3.63, 3.8) is 0 Å². The second-order valence-corrected chi connectivity index (χ2v) is 6.55. The molecule has 116 valence electrons. The molecule has 4 heteroatoms. The highest BCUT2D eigenvalue weighted by Gasteiger charge is 2.15. The summed E-state index contributed by atoms with van der Waals surface area (Å²) in [5.41, 5.74) is 2.68. The third-order valence-electron chi connectivity index (χ3n) is 3.46. The fraction of sp³-hybridized carbons (Fsp3) is 0.333. The maximum Gasteiger partial charge on any atom is 0.259 e. The van der Waals surface area contributed by atoms with E-state index in [0.717, 1.165) is 5.69 Å². The zero-order valence-electron chi connectivity index (χ0n) is 13.8. The lowest BCUT2D eigenvalue weighted by atomic mass is 9.87. The molecule has 22 heavy (non-hydrogen) atoms. The average Bonchev–Trinajstić information content (AvgIpc) is 2.46. The number of nitrogens with zero attached hydrogens (tertiary/aromatic N) is 2. The Kier molecular flexibility index (Phi) is 4.50. The lowest BCUT2D eigenvalue weighted by molar-refractivity contribution is 0.102. The van der Waals surface area contributed by atoms with E-state index in [1.807, 2.05) is 43.3 Å². The summed E-state index contributed by atoms with van der Waals surface area (Å²) in [5, 5.41) is 2.93. The number of aromatic nitrogens is 1. The zero-order valence-corrected chi connectivity index (χ0v) is 13.8. The SMILES string of the molecule is CN(C)c1ncccc1C(=O)Nc1ccc(C(C)(C)C)cc1. The molecule has 0 bridgehead atoms. The second kappa shape index (κ2) is 6.18. The van der Waals surface area contributed by atoms with E-state index in [-0.39, 0.29) is 11.3 Å². The molecule has 1 aromatic heterocycles. The summed E-state index contributed by atoms with van der Waals surface area (Å²) in [4.78, 5) is 18.5. The number of hydrogen-bond donors (Lipinski definition) is 1.